The molecule has 0 saturated heterocycles. The van der Waals surface area contributed by atoms with Gasteiger partial charge in [0.05, 0.1) is 12.4 Å². The number of hydroxylamine groups is 1. The summed E-state index contributed by atoms with van der Waals surface area (Å²) < 4.78 is 0. The molecule has 0 aliphatic carbocycles. The van der Waals surface area contributed by atoms with Crippen molar-refractivity contribution in [2.24, 2.45) is 5.10 Å². The normalized spacial score (nSPS) is 17.4. The standard InChI is InChI=1S/C5H6N2O2/c8-5-2-1-3-6-7(9)4-5/h1-4,8-9H. The predicted octanol–water partition coefficient (Wildman–Crippen LogP) is 0.633. The lowest BCUT2D eigenvalue weighted by molar-refractivity contribution is -0.0403. The Morgan fingerprint density at radius 3 is 3.11 bits per heavy atom. The third-order valence-corrected chi connectivity index (χ3v) is 0.786. The Bertz CT molecular complexity index is 183. The Morgan fingerprint density at radius 1 is 1.56 bits per heavy atom. The quantitative estimate of drug-likeness (QED) is 0.500. The van der Waals surface area contributed by atoms with Crippen LogP contribution in [0.2, 0.25) is 0 Å². The van der Waals surface area contributed by atoms with E-state index in [0.717, 1.165) is 6.20 Å². The Kier molecular flexibility index (Phi) is 1.51. The fraction of sp³-hybridized carbons (Fsp3) is 0. The van der Waals surface area contributed by atoms with E-state index in [1.54, 1.807) is 0 Å². The Labute approximate surface area is 52.0 Å². The molecule has 48 valence electrons. The molecule has 1 rings (SSSR count). The summed E-state index contributed by atoms with van der Waals surface area (Å²) in [5.74, 6) is -0.0324. The summed E-state index contributed by atoms with van der Waals surface area (Å²) in [6.07, 6.45) is 5.38. The van der Waals surface area contributed by atoms with Crippen LogP contribution in [-0.4, -0.2) is 21.7 Å². The van der Waals surface area contributed by atoms with Crippen LogP contribution in [0.1, 0.15) is 0 Å². The Balaban J connectivity index is 2.77. The highest BCUT2D eigenvalue weighted by Gasteiger charge is 1.92. The van der Waals surface area contributed by atoms with Crippen LogP contribution in [0.4, 0.5) is 0 Å². The zero-order valence-electron chi connectivity index (χ0n) is 4.60. The van der Waals surface area contributed by atoms with Gasteiger partial charge in [0.15, 0.2) is 0 Å². The molecule has 0 aromatic carbocycles. The maximum Gasteiger partial charge on any atom is 0.136 e. The summed E-state index contributed by atoms with van der Waals surface area (Å²) in [7, 11) is 0. The fourth-order valence-corrected chi connectivity index (χ4v) is 0.443. The lowest BCUT2D eigenvalue weighted by atomic mass is 10.4. The van der Waals surface area contributed by atoms with E-state index in [1.165, 1.54) is 18.4 Å². The molecule has 1 aliphatic rings. The van der Waals surface area contributed by atoms with E-state index in [0.29, 0.717) is 5.17 Å². The van der Waals surface area contributed by atoms with Gasteiger partial charge in [-0.2, -0.15) is 5.10 Å². The average molecular weight is 126 g/mol. The molecule has 1 heterocycles. The molecule has 9 heavy (non-hydrogen) atoms. The highest BCUT2D eigenvalue weighted by molar-refractivity contribution is 5.71. The highest BCUT2D eigenvalue weighted by Crippen LogP contribution is 1.96. The third-order valence-electron chi connectivity index (χ3n) is 0.786. The molecule has 0 saturated carbocycles. The van der Waals surface area contributed by atoms with Crippen molar-refractivity contribution in [3.63, 3.8) is 0 Å². The van der Waals surface area contributed by atoms with Crippen LogP contribution >= 0.6 is 0 Å². The first-order valence-electron chi connectivity index (χ1n) is 2.38. The monoisotopic (exact) mass is 126 g/mol. The molecule has 2 N–H and O–H groups in total. The number of hydrogen-bond acceptors (Lipinski definition) is 4. The molecular formula is C5H6N2O2. The van der Waals surface area contributed by atoms with E-state index in [-0.39, 0.29) is 5.76 Å². The maximum absolute atomic E-state index is 8.75. The molecule has 0 fully saturated rings. The van der Waals surface area contributed by atoms with Gasteiger partial charge in [0.1, 0.15) is 5.76 Å². The van der Waals surface area contributed by atoms with Crippen LogP contribution in [0.3, 0.4) is 0 Å². The molecule has 0 bridgehead atoms. The van der Waals surface area contributed by atoms with E-state index in [9.17, 15) is 0 Å². The second-order valence-electron chi connectivity index (χ2n) is 1.50. The van der Waals surface area contributed by atoms with E-state index in [2.05, 4.69) is 5.10 Å². The minimum Gasteiger partial charge on any atom is -0.506 e. The molecule has 1 aliphatic heterocycles. The van der Waals surface area contributed by atoms with Crippen LogP contribution in [-0.2, 0) is 0 Å². The molecule has 0 amide bonds. The van der Waals surface area contributed by atoms with E-state index in [1.807, 2.05) is 0 Å². The van der Waals surface area contributed by atoms with Gasteiger partial charge in [-0.1, -0.05) is 0 Å². The topological polar surface area (TPSA) is 56.1 Å². The third kappa shape index (κ3) is 1.58. The van der Waals surface area contributed by atoms with Crippen molar-refractivity contribution in [1.82, 2.24) is 5.17 Å². The molecule has 0 aromatic heterocycles. The Morgan fingerprint density at radius 2 is 2.33 bits per heavy atom. The second kappa shape index (κ2) is 2.32. The molecule has 0 aromatic rings. The van der Waals surface area contributed by atoms with E-state index < -0.39 is 0 Å². The van der Waals surface area contributed by atoms with Crippen molar-refractivity contribution >= 4 is 6.21 Å². The minimum atomic E-state index is -0.0324. The summed E-state index contributed by atoms with van der Waals surface area (Å²) in [5.41, 5.74) is 0. The van der Waals surface area contributed by atoms with Crippen molar-refractivity contribution < 1.29 is 10.3 Å². The van der Waals surface area contributed by atoms with Gasteiger partial charge in [0, 0.05) is 0 Å². The van der Waals surface area contributed by atoms with Gasteiger partial charge in [-0.05, 0) is 12.2 Å². The molecule has 0 spiro atoms. The molecule has 4 heteroatoms. The maximum atomic E-state index is 8.75. The van der Waals surface area contributed by atoms with Gasteiger partial charge in [0.2, 0.25) is 0 Å². The summed E-state index contributed by atoms with van der Waals surface area (Å²) in [4.78, 5) is 0. The lowest BCUT2D eigenvalue weighted by Gasteiger charge is -1.99. The van der Waals surface area contributed by atoms with Crippen LogP contribution in [0.25, 0.3) is 0 Å². The number of allylic oxidation sites excluding steroid dienone is 2. The number of aliphatic hydroxyl groups excluding tert-OH is 1. The first-order valence-corrected chi connectivity index (χ1v) is 2.38. The minimum absolute atomic E-state index is 0.0324. The van der Waals surface area contributed by atoms with Gasteiger partial charge in [-0.3, -0.25) is 5.21 Å². The first-order chi connectivity index (χ1) is 4.29. The van der Waals surface area contributed by atoms with Crippen LogP contribution in [0.5, 0.6) is 0 Å². The van der Waals surface area contributed by atoms with Gasteiger partial charge in [-0.15, -0.1) is 5.17 Å². The summed E-state index contributed by atoms with van der Waals surface area (Å²) in [6.45, 7) is 0. The highest BCUT2D eigenvalue weighted by atomic mass is 16.5. The van der Waals surface area contributed by atoms with Crippen LogP contribution in [0, 0.1) is 0 Å². The number of rotatable bonds is 0. The number of aliphatic hydroxyl groups is 1. The summed E-state index contributed by atoms with van der Waals surface area (Å²) in [5, 5.41) is 21.3. The van der Waals surface area contributed by atoms with Crippen molar-refractivity contribution in [2.75, 3.05) is 0 Å². The molecule has 0 atom stereocenters. The van der Waals surface area contributed by atoms with Crippen molar-refractivity contribution in [3.05, 3.63) is 24.1 Å². The van der Waals surface area contributed by atoms with Crippen LogP contribution in [0.15, 0.2) is 29.2 Å². The van der Waals surface area contributed by atoms with Gasteiger partial charge < -0.3 is 5.11 Å². The lowest BCUT2D eigenvalue weighted by Crippen LogP contribution is -2.01. The van der Waals surface area contributed by atoms with Gasteiger partial charge in [-0.25, -0.2) is 0 Å². The molecule has 0 radical (unpaired) electrons. The molecular weight excluding hydrogens is 120 g/mol. The largest absolute Gasteiger partial charge is 0.506 e. The molecule has 4 nitrogen and oxygen atoms in total. The average Bonchev–Trinajstić information content (AvgIpc) is 1.93. The van der Waals surface area contributed by atoms with E-state index in [4.69, 9.17) is 10.3 Å². The molecule has 0 unspecified atom stereocenters. The zero-order chi connectivity index (χ0) is 6.69. The number of hydrogen-bond donors (Lipinski definition) is 2. The van der Waals surface area contributed by atoms with Crippen LogP contribution < -0.4 is 0 Å². The van der Waals surface area contributed by atoms with Crippen molar-refractivity contribution in [1.29, 1.82) is 0 Å². The SMILES string of the molecule is OC1=CN(O)N=CC=C1. The first kappa shape index (κ1) is 5.84. The van der Waals surface area contributed by atoms with E-state index >= 15 is 0 Å². The fourth-order valence-electron chi connectivity index (χ4n) is 0.443. The smallest absolute Gasteiger partial charge is 0.136 e. The summed E-state index contributed by atoms with van der Waals surface area (Å²) >= 11 is 0. The zero-order valence-corrected chi connectivity index (χ0v) is 4.60. The van der Waals surface area contributed by atoms with Crippen molar-refractivity contribution in [3.8, 4) is 0 Å². The second-order valence-corrected chi connectivity index (χ2v) is 1.50. The predicted molar refractivity (Wildman–Crippen MR) is 32.0 cm³/mol. The number of nitrogens with zero attached hydrogens (tertiary/aromatic N) is 2. The Hall–Kier alpha value is -1.29. The number of hydrazone groups is 1. The van der Waals surface area contributed by atoms with Gasteiger partial charge in [0.25, 0.3) is 0 Å². The summed E-state index contributed by atoms with van der Waals surface area (Å²) in [6, 6.07) is 0. The van der Waals surface area contributed by atoms with Crippen molar-refractivity contribution in [2.45, 2.75) is 0 Å². The van der Waals surface area contributed by atoms with Gasteiger partial charge >= 0.3 is 0 Å².